The van der Waals surface area contributed by atoms with E-state index in [2.05, 4.69) is 5.32 Å². The molecule has 0 aliphatic carbocycles. The molecule has 0 aromatic heterocycles. The number of aliphatic hydroxyl groups excluding tert-OH is 1. The Bertz CT molecular complexity index is 182. The predicted octanol–water partition coefficient (Wildman–Crippen LogP) is 1.22. The summed E-state index contributed by atoms with van der Waals surface area (Å²) in [6.45, 7) is 1.57. The van der Waals surface area contributed by atoms with Gasteiger partial charge in [-0.1, -0.05) is 0 Å². The number of nitrogens with one attached hydrogen (secondary N) is 1. The summed E-state index contributed by atoms with van der Waals surface area (Å²) in [6, 6.07) is -0.336. The molecule has 0 bridgehead atoms. The molecule has 0 aliphatic heterocycles. The van der Waals surface area contributed by atoms with Crippen molar-refractivity contribution in [1.29, 1.82) is 0 Å². The summed E-state index contributed by atoms with van der Waals surface area (Å²) in [7, 11) is 0. The number of hydrogen-bond donors (Lipinski definition) is 2. The standard InChI is InChI=1S/C8H14F3NO2/c1-6(3-2-4-13)12-7(14)5-8(9,10)11/h6,13H,2-5H2,1H3,(H,12,14). The lowest BCUT2D eigenvalue weighted by Crippen LogP contribution is -2.35. The lowest BCUT2D eigenvalue weighted by Gasteiger charge is -2.13. The number of amides is 1. The highest BCUT2D eigenvalue weighted by Crippen LogP contribution is 2.19. The van der Waals surface area contributed by atoms with Crippen molar-refractivity contribution in [2.75, 3.05) is 6.61 Å². The number of halogens is 3. The van der Waals surface area contributed by atoms with E-state index in [-0.39, 0.29) is 12.6 Å². The van der Waals surface area contributed by atoms with Gasteiger partial charge in [-0.3, -0.25) is 4.79 Å². The van der Waals surface area contributed by atoms with Crippen LogP contribution < -0.4 is 5.32 Å². The SMILES string of the molecule is CC(CCCO)NC(=O)CC(F)(F)F. The van der Waals surface area contributed by atoms with E-state index in [0.717, 1.165) is 0 Å². The molecule has 0 radical (unpaired) electrons. The van der Waals surface area contributed by atoms with Crippen LogP contribution >= 0.6 is 0 Å². The van der Waals surface area contributed by atoms with Gasteiger partial charge in [0.05, 0.1) is 0 Å². The lowest BCUT2D eigenvalue weighted by molar-refractivity contribution is -0.154. The van der Waals surface area contributed by atoms with Crippen molar-refractivity contribution < 1.29 is 23.1 Å². The van der Waals surface area contributed by atoms with Gasteiger partial charge in [-0.25, -0.2) is 0 Å². The second-order valence-electron chi connectivity index (χ2n) is 3.13. The zero-order valence-corrected chi connectivity index (χ0v) is 7.90. The number of aliphatic hydroxyl groups is 1. The van der Waals surface area contributed by atoms with Crippen molar-refractivity contribution >= 4 is 5.91 Å². The van der Waals surface area contributed by atoms with E-state index in [4.69, 9.17) is 5.11 Å². The molecule has 1 atom stereocenters. The van der Waals surface area contributed by atoms with Crippen LogP contribution in [0.4, 0.5) is 13.2 Å². The summed E-state index contributed by atoms with van der Waals surface area (Å²) in [4.78, 5) is 10.7. The van der Waals surface area contributed by atoms with Gasteiger partial charge in [-0.2, -0.15) is 13.2 Å². The molecule has 84 valence electrons. The molecule has 0 fully saturated rings. The minimum atomic E-state index is -4.46. The maximum atomic E-state index is 11.7. The van der Waals surface area contributed by atoms with Crippen LogP contribution in [0.3, 0.4) is 0 Å². The number of hydrogen-bond acceptors (Lipinski definition) is 2. The van der Waals surface area contributed by atoms with E-state index in [1.807, 2.05) is 0 Å². The smallest absolute Gasteiger partial charge is 0.396 e. The average Bonchev–Trinajstić information content (AvgIpc) is 1.96. The van der Waals surface area contributed by atoms with Crippen molar-refractivity contribution in [2.24, 2.45) is 0 Å². The van der Waals surface area contributed by atoms with E-state index in [1.54, 1.807) is 6.92 Å². The number of alkyl halides is 3. The van der Waals surface area contributed by atoms with Crippen LogP contribution in [0, 0.1) is 0 Å². The Morgan fingerprint density at radius 3 is 2.50 bits per heavy atom. The summed E-state index contributed by atoms with van der Waals surface area (Å²) in [5.41, 5.74) is 0. The van der Waals surface area contributed by atoms with Gasteiger partial charge < -0.3 is 10.4 Å². The molecule has 0 aliphatic rings. The van der Waals surface area contributed by atoms with Gasteiger partial charge in [-0.15, -0.1) is 0 Å². The Morgan fingerprint density at radius 2 is 2.07 bits per heavy atom. The minimum Gasteiger partial charge on any atom is -0.396 e. The fraction of sp³-hybridized carbons (Fsp3) is 0.875. The number of carbonyl (C=O) groups is 1. The van der Waals surface area contributed by atoms with Crippen LogP contribution in [0.1, 0.15) is 26.2 Å². The monoisotopic (exact) mass is 213 g/mol. The first kappa shape index (κ1) is 13.2. The molecule has 2 N–H and O–H groups in total. The molecule has 0 heterocycles. The van der Waals surface area contributed by atoms with Gasteiger partial charge in [0.15, 0.2) is 0 Å². The normalized spacial score (nSPS) is 13.8. The molecule has 0 aromatic rings. The predicted molar refractivity (Wildman–Crippen MR) is 44.6 cm³/mol. The molecular formula is C8H14F3NO2. The highest BCUT2D eigenvalue weighted by molar-refractivity contribution is 5.76. The Balaban J connectivity index is 3.71. The maximum absolute atomic E-state index is 11.7. The van der Waals surface area contributed by atoms with Crippen molar-refractivity contribution in [3.63, 3.8) is 0 Å². The van der Waals surface area contributed by atoms with Gasteiger partial charge in [-0.05, 0) is 19.8 Å². The molecule has 0 rings (SSSR count). The molecule has 1 unspecified atom stereocenters. The van der Waals surface area contributed by atoms with E-state index in [9.17, 15) is 18.0 Å². The number of carbonyl (C=O) groups excluding carboxylic acids is 1. The Labute approximate surface area is 80.3 Å². The molecule has 3 nitrogen and oxygen atoms in total. The van der Waals surface area contributed by atoms with Crippen LogP contribution in [-0.2, 0) is 4.79 Å². The largest absolute Gasteiger partial charge is 0.397 e. The van der Waals surface area contributed by atoms with E-state index >= 15 is 0 Å². The Morgan fingerprint density at radius 1 is 1.50 bits per heavy atom. The summed E-state index contributed by atoms with van der Waals surface area (Å²) in [5, 5.41) is 10.6. The van der Waals surface area contributed by atoms with Crippen LogP contribution in [-0.4, -0.2) is 29.8 Å². The summed E-state index contributed by atoms with van der Waals surface area (Å²) in [6.07, 6.45) is -4.97. The van der Waals surface area contributed by atoms with Gasteiger partial charge in [0, 0.05) is 12.6 Å². The average molecular weight is 213 g/mol. The highest BCUT2D eigenvalue weighted by atomic mass is 19.4. The lowest BCUT2D eigenvalue weighted by atomic mass is 10.2. The fourth-order valence-corrected chi connectivity index (χ4v) is 0.978. The summed E-state index contributed by atoms with van der Waals surface area (Å²) < 4.78 is 35.1. The summed E-state index contributed by atoms with van der Waals surface area (Å²) in [5.74, 6) is -1.03. The van der Waals surface area contributed by atoms with Crippen LogP contribution in [0.25, 0.3) is 0 Å². The second-order valence-corrected chi connectivity index (χ2v) is 3.13. The van der Waals surface area contributed by atoms with Crippen molar-refractivity contribution in [1.82, 2.24) is 5.32 Å². The molecule has 14 heavy (non-hydrogen) atoms. The van der Waals surface area contributed by atoms with Gasteiger partial charge >= 0.3 is 6.18 Å². The van der Waals surface area contributed by atoms with E-state index < -0.39 is 18.5 Å². The Kier molecular flexibility index (Phi) is 5.52. The van der Waals surface area contributed by atoms with Crippen molar-refractivity contribution in [3.8, 4) is 0 Å². The molecule has 6 heteroatoms. The topological polar surface area (TPSA) is 49.3 Å². The third-order valence-electron chi connectivity index (χ3n) is 1.56. The van der Waals surface area contributed by atoms with Crippen LogP contribution in [0.15, 0.2) is 0 Å². The minimum absolute atomic E-state index is 0.0283. The van der Waals surface area contributed by atoms with Gasteiger partial charge in [0.1, 0.15) is 6.42 Å². The molecule has 0 aromatic carbocycles. The zero-order chi connectivity index (χ0) is 11.2. The first-order valence-corrected chi connectivity index (χ1v) is 4.32. The number of rotatable bonds is 5. The van der Waals surface area contributed by atoms with Crippen LogP contribution in [0.2, 0.25) is 0 Å². The van der Waals surface area contributed by atoms with Crippen molar-refractivity contribution in [2.45, 2.75) is 38.4 Å². The highest BCUT2D eigenvalue weighted by Gasteiger charge is 2.31. The third-order valence-corrected chi connectivity index (χ3v) is 1.56. The second kappa shape index (κ2) is 5.85. The fourth-order valence-electron chi connectivity index (χ4n) is 0.978. The quantitative estimate of drug-likeness (QED) is 0.721. The van der Waals surface area contributed by atoms with Gasteiger partial charge in [0.25, 0.3) is 0 Å². The first-order chi connectivity index (χ1) is 6.35. The zero-order valence-electron chi connectivity index (χ0n) is 7.90. The molecule has 1 amide bonds. The van der Waals surface area contributed by atoms with E-state index in [1.165, 1.54) is 0 Å². The summed E-state index contributed by atoms with van der Waals surface area (Å²) >= 11 is 0. The molecule has 0 spiro atoms. The van der Waals surface area contributed by atoms with Gasteiger partial charge in [0.2, 0.25) is 5.91 Å². The maximum Gasteiger partial charge on any atom is 0.397 e. The van der Waals surface area contributed by atoms with E-state index in [0.29, 0.717) is 12.8 Å². The first-order valence-electron chi connectivity index (χ1n) is 4.32. The Hall–Kier alpha value is -0.780. The van der Waals surface area contributed by atoms with Crippen molar-refractivity contribution in [3.05, 3.63) is 0 Å². The molecular weight excluding hydrogens is 199 g/mol. The van der Waals surface area contributed by atoms with Crippen LogP contribution in [0.5, 0.6) is 0 Å². The molecule has 0 saturated heterocycles. The molecule has 0 saturated carbocycles. The third kappa shape index (κ3) is 7.85.